The molecule has 0 aliphatic carbocycles. The summed E-state index contributed by atoms with van der Waals surface area (Å²) in [6.45, 7) is 6.82. The van der Waals surface area contributed by atoms with Gasteiger partial charge in [0.25, 0.3) is 0 Å². The van der Waals surface area contributed by atoms with Crippen molar-refractivity contribution >= 4 is 0 Å². The van der Waals surface area contributed by atoms with Crippen LogP contribution in [0.15, 0.2) is 30.3 Å². The first-order chi connectivity index (χ1) is 6.08. The van der Waals surface area contributed by atoms with E-state index in [-0.39, 0.29) is 0 Å². The molecule has 0 nitrogen and oxygen atoms in total. The van der Waals surface area contributed by atoms with Crippen LogP contribution in [0.1, 0.15) is 32.8 Å². The van der Waals surface area contributed by atoms with Crippen molar-refractivity contribution in [2.75, 3.05) is 0 Å². The van der Waals surface area contributed by atoms with Crippen molar-refractivity contribution in [2.45, 2.75) is 33.6 Å². The van der Waals surface area contributed by atoms with Crippen molar-refractivity contribution in [3.63, 3.8) is 0 Å². The Labute approximate surface area is 82.0 Å². The molecule has 0 aromatic heterocycles. The van der Waals surface area contributed by atoms with Gasteiger partial charge >= 0.3 is 0 Å². The van der Waals surface area contributed by atoms with Crippen molar-refractivity contribution in [2.24, 2.45) is 5.41 Å². The molecular weight excluding hydrogens is 156 g/mol. The molecule has 0 bridgehead atoms. The molecule has 0 saturated carbocycles. The van der Waals surface area contributed by atoms with Crippen LogP contribution in [-0.4, -0.2) is 0 Å². The van der Waals surface area contributed by atoms with Gasteiger partial charge < -0.3 is 0 Å². The van der Waals surface area contributed by atoms with Crippen LogP contribution < -0.4 is 0 Å². The summed E-state index contributed by atoms with van der Waals surface area (Å²) in [6.07, 6.45) is 4.65. The minimum absolute atomic E-state index is 0.425. The van der Waals surface area contributed by atoms with Crippen LogP contribution in [0.2, 0.25) is 0 Å². The summed E-state index contributed by atoms with van der Waals surface area (Å²) in [5.41, 5.74) is 1.83. The lowest BCUT2D eigenvalue weighted by Gasteiger charge is -2.17. The number of benzene rings is 1. The second-order valence-corrected chi connectivity index (χ2v) is 4.74. The Morgan fingerprint density at radius 1 is 1.08 bits per heavy atom. The first-order valence-electron chi connectivity index (χ1n) is 4.93. The van der Waals surface area contributed by atoms with Gasteiger partial charge in [-0.2, -0.15) is 0 Å². The van der Waals surface area contributed by atoms with E-state index >= 15 is 0 Å². The monoisotopic (exact) mass is 175 g/mol. The summed E-state index contributed by atoms with van der Waals surface area (Å²) in [6, 6.07) is 10.6. The molecule has 1 aromatic carbocycles. The lowest BCUT2D eigenvalue weighted by Crippen LogP contribution is -2.05. The molecule has 0 atom stereocenters. The molecule has 1 radical (unpaired) electrons. The molecule has 0 heterocycles. The van der Waals surface area contributed by atoms with Crippen molar-refractivity contribution in [3.8, 4) is 0 Å². The molecule has 13 heavy (non-hydrogen) atoms. The lowest BCUT2D eigenvalue weighted by molar-refractivity contribution is 0.403. The van der Waals surface area contributed by atoms with E-state index in [4.69, 9.17) is 0 Å². The van der Waals surface area contributed by atoms with Crippen LogP contribution in [0.3, 0.4) is 0 Å². The first kappa shape index (κ1) is 10.3. The maximum absolute atomic E-state index is 2.37. The summed E-state index contributed by atoms with van der Waals surface area (Å²) in [5.74, 6) is 0. The zero-order valence-electron chi connectivity index (χ0n) is 8.88. The molecule has 71 valence electrons. The molecule has 0 heteroatoms. The predicted octanol–water partition coefficient (Wildman–Crippen LogP) is 3.87. The zero-order valence-corrected chi connectivity index (χ0v) is 8.88. The fourth-order valence-corrected chi connectivity index (χ4v) is 1.29. The highest BCUT2D eigenvalue weighted by Crippen LogP contribution is 2.21. The van der Waals surface area contributed by atoms with E-state index < -0.39 is 0 Å². The van der Waals surface area contributed by atoms with Crippen LogP contribution in [0.25, 0.3) is 0 Å². The van der Waals surface area contributed by atoms with Gasteiger partial charge in [-0.05, 0) is 30.2 Å². The van der Waals surface area contributed by atoms with E-state index in [0.717, 1.165) is 6.42 Å². The summed E-state index contributed by atoms with van der Waals surface area (Å²) >= 11 is 0. The van der Waals surface area contributed by atoms with E-state index in [1.807, 2.05) is 0 Å². The highest BCUT2D eigenvalue weighted by atomic mass is 14.1. The molecule has 0 unspecified atom stereocenters. The maximum atomic E-state index is 2.37. The van der Waals surface area contributed by atoms with Crippen molar-refractivity contribution in [1.82, 2.24) is 0 Å². The van der Waals surface area contributed by atoms with Gasteiger partial charge in [-0.25, -0.2) is 0 Å². The van der Waals surface area contributed by atoms with Gasteiger partial charge in [-0.3, -0.25) is 0 Å². The van der Waals surface area contributed by atoms with E-state index in [0.29, 0.717) is 5.41 Å². The maximum Gasteiger partial charge on any atom is -0.0247 e. The molecule has 1 aromatic rings. The Kier molecular flexibility index (Phi) is 3.53. The zero-order chi connectivity index (χ0) is 9.73. The summed E-state index contributed by atoms with van der Waals surface area (Å²) in [7, 11) is 0. The SMILES string of the molecule is CC(C)(C)C[CH]Cc1ccccc1. The quantitative estimate of drug-likeness (QED) is 0.654. The topological polar surface area (TPSA) is 0 Å². The van der Waals surface area contributed by atoms with Crippen LogP contribution >= 0.6 is 0 Å². The van der Waals surface area contributed by atoms with Gasteiger partial charge in [0.15, 0.2) is 0 Å². The van der Waals surface area contributed by atoms with Gasteiger partial charge in [0, 0.05) is 0 Å². The van der Waals surface area contributed by atoms with Gasteiger partial charge in [0.1, 0.15) is 0 Å². The van der Waals surface area contributed by atoms with Crippen molar-refractivity contribution < 1.29 is 0 Å². The minimum atomic E-state index is 0.425. The number of rotatable bonds is 3. The Balaban J connectivity index is 2.29. The molecule has 0 N–H and O–H groups in total. The van der Waals surface area contributed by atoms with Crippen LogP contribution in [0.5, 0.6) is 0 Å². The average molecular weight is 175 g/mol. The fourth-order valence-electron chi connectivity index (χ4n) is 1.29. The summed E-state index contributed by atoms with van der Waals surface area (Å²) < 4.78 is 0. The molecule has 0 aliphatic rings. The number of hydrogen-bond donors (Lipinski definition) is 0. The van der Waals surface area contributed by atoms with Gasteiger partial charge in [-0.1, -0.05) is 51.1 Å². The Morgan fingerprint density at radius 3 is 2.23 bits per heavy atom. The molecule has 0 saturated heterocycles. The molecule has 0 fully saturated rings. The minimum Gasteiger partial charge on any atom is -0.0622 e. The van der Waals surface area contributed by atoms with Crippen LogP contribution in [0.4, 0.5) is 0 Å². The van der Waals surface area contributed by atoms with E-state index in [9.17, 15) is 0 Å². The van der Waals surface area contributed by atoms with Crippen LogP contribution in [-0.2, 0) is 6.42 Å². The third-order valence-electron chi connectivity index (χ3n) is 1.98. The van der Waals surface area contributed by atoms with E-state index in [1.165, 1.54) is 12.0 Å². The molecule has 0 amide bonds. The third-order valence-corrected chi connectivity index (χ3v) is 1.98. The van der Waals surface area contributed by atoms with Crippen LogP contribution in [0, 0.1) is 11.8 Å². The average Bonchev–Trinajstić information content (AvgIpc) is 2.04. The fraction of sp³-hybridized carbons (Fsp3) is 0.462. The van der Waals surface area contributed by atoms with Gasteiger partial charge in [0.2, 0.25) is 0 Å². The predicted molar refractivity (Wildman–Crippen MR) is 58.5 cm³/mol. The largest absolute Gasteiger partial charge is 0.0622 e. The third kappa shape index (κ3) is 4.72. The smallest absolute Gasteiger partial charge is 0.0247 e. The highest BCUT2D eigenvalue weighted by molar-refractivity contribution is 5.16. The van der Waals surface area contributed by atoms with E-state index in [2.05, 4.69) is 57.5 Å². The van der Waals surface area contributed by atoms with Gasteiger partial charge in [0.05, 0.1) is 0 Å². The number of hydrogen-bond acceptors (Lipinski definition) is 0. The normalized spacial score (nSPS) is 11.6. The molecular formula is C13H19. The summed E-state index contributed by atoms with van der Waals surface area (Å²) in [5, 5.41) is 0. The second kappa shape index (κ2) is 4.45. The molecule has 0 spiro atoms. The first-order valence-corrected chi connectivity index (χ1v) is 4.93. The van der Waals surface area contributed by atoms with Crippen molar-refractivity contribution in [1.29, 1.82) is 0 Å². The lowest BCUT2D eigenvalue weighted by atomic mass is 9.89. The highest BCUT2D eigenvalue weighted by Gasteiger charge is 2.08. The second-order valence-electron chi connectivity index (χ2n) is 4.74. The summed E-state index contributed by atoms with van der Waals surface area (Å²) in [4.78, 5) is 0. The standard InChI is InChI=1S/C13H19/c1-13(2,3)11-7-10-12-8-5-4-6-9-12/h4-9H,10-11H2,1-3H3. The van der Waals surface area contributed by atoms with Gasteiger partial charge in [-0.15, -0.1) is 0 Å². The Bertz CT molecular complexity index is 228. The molecule has 0 aliphatic heterocycles. The Hall–Kier alpha value is -0.780. The Morgan fingerprint density at radius 2 is 1.69 bits per heavy atom. The molecule has 1 rings (SSSR count). The van der Waals surface area contributed by atoms with E-state index in [1.54, 1.807) is 0 Å². The van der Waals surface area contributed by atoms with Crippen molar-refractivity contribution in [3.05, 3.63) is 42.3 Å².